The predicted octanol–water partition coefficient (Wildman–Crippen LogP) is 3.59. The number of alkyl halides is 2. The number of ketones is 1. The Morgan fingerprint density at radius 1 is 1.08 bits per heavy atom. The summed E-state index contributed by atoms with van der Waals surface area (Å²) in [5, 5.41) is 9.03. The number of Topliss-reactive ketones (excluding diaryl/α,β-unsaturated/α-hetero) is 1. The van der Waals surface area contributed by atoms with E-state index in [0.29, 0.717) is 10.4 Å². The van der Waals surface area contributed by atoms with Crippen LogP contribution in [0.15, 0.2) is 48.7 Å². The fraction of sp³-hybridized carbons (Fsp3) is 0.174. The third kappa shape index (κ3) is 5.68. The highest BCUT2D eigenvalue weighted by Crippen LogP contribution is 2.18. The Morgan fingerprint density at radius 2 is 1.86 bits per heavy atom. The SMILES string of the molecule is CC(=O)c1ccc(CNC(=O)c2cc(C(=O)NCc3cccc(OC(F)F)c3)nc3c(F)cnn23)s1. The van der Waals surface area contributed by atoms with E-state index in [2.05, 4.69) is 25.5 Å². The minimum Gasteiger partial charge on any atom is -0.435 e. The molecule has 36 heavy (non-hydrogen) atoms. The first-order chi connectivity index (χ1) is 17.2. The number of thiophene rings is 1. The van der Waals surface area contributed by atoms with Crippen LogP contribution in [0.4, 0.5) is 13.2 Å². The molecule has 4 rings (SSSR count). The second-order valence-electron chi connectivity index (χ2n) is 7.47. The molecule has 13 heteroatoms. The number of carbonyl (C=O) groups is 3. The van der Waals surface area contributed by atoms with E-state index in [9.17, 15) is 27.6 Å². The van der Waals surface area contributed by atoms with E-state index in [-0.39, 0.29) is 41.7 Å². The molecular formula is C23H18F3N5O4S. The van der Waals surface area contributed by atoms with Gasteiger partial charge in [0.1, 0.15) is 17.1 Å². The van der Waals surface area contributed by atoms with Crippen LogP contribution in [0, 0.1) is 5.82 Å². The van der Waals surface area contributed by atoms with Gasteiger partial charge in [0.05, 0.1) is 17.6 Å². The first kappa shape index (κ1) is 24.9. The largest absolute Gasteiger partial charge is 0.435 e. The molecule has 0 unspecified atom stereocenters. The van der Waals surface area contributed by atoms with Crippen LogP contribution in [0.3, 0.4) is 0 Å². The number of carbonyl (C=O) groups excluding carboxylic acids is 3. The number of hydrogen-bond donors (Lipinski definition) is 2. The van der Waals surface area contributed by atoms with E-state index in [1.165, 1.54) is 36.5 Å². The van der Waals surface area contributed by atoms with Crippen molar-refractivity contribution in [3.05, 3.63) is 81.2 Å². The lowest BCUT2D eigenvalue weighted by Gasteiger charge is -2.10. The molecule has 2 N–H and O–H groups in total. The van der Waals surface area contributed by atoms with Crippen molar-refractivity contribution in [3.8, 4) is 5.75 Å². The number of ether oxygens (including phenoxy) is 1. The van der Waals surface area contributed by atoms with Crippen LogP contribution in [0.2, 0.25) is 0 Å². The summed E-state index contributed by atoms with van der Waals surface area (Å²) in [6, 6.07) is 10.3. The number of hydrogen-bond acceptors (Lipinski definition) is 7. The number of nitrogens with one attached hydrogen (secondary N) is 2. The molecule has 0 saturated carbocycles. The first-order valence-corrected chi connectivity index (χ1v) is 11.3. The number of aromatic nitrogens is 3. The zero-order valence-electron chi connectivity index (χ0n) is 18.6. The van der Waals surface area contributed by atoms with Crippen molar-refractivity contribution >= 4 is 34.6 Å². The zero-order chi connectivity index (χ0) is 25.8. The molecule has 3 aromatic heterocycles. The quantitative estimate of drug-likeness (QED) is 0.328. The molecule has 0 spiro atoms. The maximum absolute atomic E-state index is 14.2. The van der Waals surface area contributed by atoms with E-state index < -0.39 is 24.2 Å². The van der Waals surface area contributed by atoms with Crippen molar-refractivity contribution < 1.29 is 32.3 Å². The van der Waals surface area contributed by atoms with Crippen molar-refractivity contribution in [2.75, 3.05) is 0 Å². The molecule has 4 aromatic rings. The predicted molar refractivity (Wildman–Crippen MR) is 123 cm³/mol. The molecule has 0 fully saturated rings. The Bertz CT molecular complexity index is 1450. The number of fused-ring (bicyclic) bond motifs is 1. The van der Waals surface area contributed by atoms with Crippen LogP contribution in [0.5, 0.6) is 5.75 Å². The maximum atomic E-state index is 14.2. The van der Waals surface area contributed by atoms with Gasteiger partial charge in [0.15, 0.2) is 17.2 Å². The van der Waals surface area contributed by atoms with Crippen LogP contribution >= 0.6 is 11.3 Å². The normalized spacial score (nSPS) is 11.0. The van der Waals surface area contributed by atoms with Crippen LogP contribution in [0.25, 0.3) is 5.65 Å². The monoisotopic (exact) mass is 517 g/mol. The van der Waals surface area contributed by atoms with Gasteiger partial charge >= 0.3 is 6.61 Å². The summed E-state index contributed by atoms with van der Waals surface area (Å²) in [5.41, 5.74) is -0.237. The summed E-state index contributed by atoms with van der Waals surface area (Å²) < 4.78 is 44.4. The second-order valence-corrected chi connectivity index (χ2v) is 8.64. The van der Waals surface area contributed by atoms with Crippen LogP contribution in [0.1, 0.15) is 48.0 Å². The molecule has 0 aliphatic rings. The molecule has 9 nitrogen and oxygen atoms in total. The molecule has 0 radical (unpaired) electrons. The molecule has 1 aromatic carbocycles. The van der Waals surface area contributed by atoms with Gasteiger partial charge in [-0.2, -0.15) is 13.9 Å². The molecule has 3 heterocycles. The van der Waals surface area contributed by atoms with E-state index in [1.807, 2.05) is 0 Å². The van der Waals surface area contributed by atoms with Crippen molar-refractivity contribution in [2.24, 2.45) is 0 Å². The number of nitrogens with zero attached hydrogens (tertiary/aromatic N) is 3. The number of rotatable bonds is 9. The fourth-order valence-corrected chi connectivity index (χ4v) is 4.08. The molecule has 186 valence electrons. The van der Waals surface area contributed by atoms with Gasteiger partial charge in [-0.05, 0) is 36.8 Å². The summed E-state index contributed by atoms with van der Waals surface area (Å²) in [6.07, 6.45) is 0.869. The standard InChI is InChI=1S/C23H18F3N5O4S/c1-12(32)19-6-5-15(36-19)10-28-22(34)18-8-17(30-20-16(24)11-29-31(18)20)21(33)27-9-13-3-2-4-14(7-13)35-23(25)26/h2-8,11,23H,9-10H2,1H3,(H,27,33)(H,28,34). The average Bonchev–Trinajstić information content (AvgIpc) is 3.47. The number of halogens is 3. The first-order valence-electron chi connectivity index (χ1n) is 10.5. The lowest BCUT2D eigenvalue weighted by molar-refractivity contribution is -0.0499. The Hall–Kier alpha value is -4.26. The third-order valence-corrected chi connectivity index (χ3v) is 6.09. The van der Waals surface area contributed by atoms with Crippen molar-refractivity contribution in [1.82, 2.24) is 25.2 Å². The molecule has 0 bridgehead atoms. The van der Waals surface area contributed by atoms with Crippen LogP contribution in [-0.2, 0) is 13.1 Å². The lowest BCUT2D eigenvalue weighted by atomic mass is 10.2. The van der Waals surface area contributed by atoms with Gasteiger partial charge in [0.2, 0.25) is 0 Å². The summed E-state index contributed by atoms with van der Waals surface area (Å²) >= 11 is 1.23. The highest BCUT2D eigenvalue weighted by Gasteiger charge is 2.20. The van der Waals surface area contributed by atoms with Gasteiger partial charge in [-0.1, -0.05) is 12.1 Å². The van der Waals surface area contributed by atoms with E-state index in [4.69, 9.17) is 0 Å². The molecule has 0 atom stereocenters. The van der Waals surface area contributed by atoms with Gasteiger partial charge in [-0.25, -0.2) is 13.9 Å². The summed E-state index contributed by atoms with van der Waals surface area (Å²) in [4.78, 5) is 42.3. The molecule has 0 aliphatic carbocycles. The van der Waals surface area contributed by atoms with E-state index in [0.717, 1.165) is 21.7 Å². The van der Waals surface area contributed by atoms with Gasteiger partial charge < -0.3 is 15.4 Å². The summed E-state index contributed by atoms with van der Waals surface area (Å²) in [5.74, 6) is -2.37. The Morgan fingerprint density at radius 3 is 2.58 bits per heavy atom. The number of benzene rings is 1. The summed E-state index contributed by atoms with van der Waals surface area (Å²) in [6.45, 7) is -1.51. The Balaban J connectivity index is 1.51. The molecule has 2 amide bonds. The highest BCUT2D eigenvalue weighted by atomic mass is 32.1. The van der Waals surface area contributed by atoms with Gasteiger partial charge in [-0.15, -0.1) is 11.3 Å². The minimum absolute atomic E-state index is 0.0632. The van der Waals surface area contributed by atoms with Crippen LogP contribution < -0.4 is 15.4 Å². The fourth-order valence-electron chi connectivity index (χ4n) is 3.24. The summed E-state index contributed by atoms with van der Waals surface area (Å²) in [7, 11) is 0. The van der Waals surface area contributed by atoms with E-state index >= 15 is 0 Å². The van der Waals surface area contributed by atoms with Gasteiger partial charge in [0, 0.05) is 17.5 Å². The smallest absolute Gasteiger partial charge is 0.387 e. The molecule has 0 aliphatic heterocycles. The van der Waals surface area contributed by atoms with Crippen molar-refractivity contribution in [3.63, 3.8) is 0 Å². The maximum Gasteiger partial charge on any atom is 0.387 e. The zero-order valence-corrected chi connectivity index (χ0v) is 19.4. The average molecular weight is 517 g/mol. The highest BCUT2D eigenvalue weighted by molar-refractivity contribution is 7.14. The second kappa shape index (κ2) is 10.6. The topological polar surface area (TPSA) is 115 Å². The Labute approximate surface area is 205 Å². The molecular weight excluding hydrogens is 499 g/mol. The molecule has 0 saturated heterocycles. The van der Waals surface area contributed by atoms with Gasteiger partial charge in [0.25, 0.3) is 11.8 Å². The number of amides is 2. The lowest BCUT2D eigenvalue weighted by Crippen LogP contribution is -2.28. The van der Waals surface area contributed by atoms with E-state index in [1.54, 1.807) is 18.2 Å². The van der Waals surface area contributed by atoms with Crippen molar-refractivity contribution in [1.29, 1.82) is 0 Å². The van der Waals surface area contributed by atoms with Crippen LogP contribution in [-0.4, -0.2) is 38.8 Å². The third-order valence-electron chi connectivity index (χ3n) is 4.90. The minimum atomic E-state index is -2.99. The van der Waals surface area contributed by atoms with Gasteiger partial charge in [-0.3, -0.25) is 14.4 Å². The van der Waals surface area contributed by atoms with Crippen molar-refractivity contribution in [2.45, 2.75) is 26.6 Å². The Kier molecular flexibility index (Phi) is 7.29.